The molecule has 0 N–H and O–H groups in total. The van der Waals surface area contributed by atoms with Gasteiger partial charge in [0, 0.05) is 77.9 Å². The molecule has 2 aliphatic heterocycles. The van der Waals surface area contributed by atoms with Crippen LogP contribution in [0.25, 0.3) is 0 Å². The van der Waals surface area contributed by atoms with E-state index in [-0.39, 0.29) is 0 Å². The van der Waals surface area contributed by atoms with Gasteiger partial charge in [-0.15, -0.1) is 10.1 Å². The minimum Gasteiger partial charge on any atom is -0.378 e. The Morgan fingerprint density at radius 2 is 0.975 bits per heavy atom. The zero-order valence-electron chi connectivity index (χ0n) is 24.4. The van der Waals surface area contributed by atoms with E-state index in [1.165, 1.54) is 22.5 Å². The van der Waals surface area contributed by atoms with E-state index in [4.69, 9.17) is 9.68 Å². The van der Waals surface area contributed by atoms with Gasteiger partial charge in [-0.25, -0.2) is 9.59 Å². The van der Waals surface area contributed by atoms with Gasteiger partial charge in [-0.05, 0) is 85.8 Å². The molecule has 0 aromatic heterocycles. The first-order valence-corrected chi connectivity index (χ1v) is 14.4. The first-order chi connectivity index (χ1) is 19.2. The molecule has 8 heteroatoms. The monoisotopic (exact) mass is 548 g/mol. The highest BCUT2D eigenvalue weighted by molar-refractivity contribution is 5.91. The molecule has 0 bridgehead atoms. The molecule has 0 atom stereocenters. The largest absolute Gasteiger partial charge is 0.378 e. The summed E-state index contributed by atoms with van der Waals surface area (Å²) < 4.78 is 0. The molecule has 0 spiro atoms. The standard InChI is InChI=1S/C32H44N4O4/c1-33(2)29-9-5-25(6-10-29)23-27-15-19-35(20-16-27)39-31(37)13-14-32(38)40-36-21-17-28(18-22-36)24-26-7-11-30(12-8-26)34(3)4/h5-14,27-28H,15-24H2,1-4H3/b14-13+. The van der Waals surface area contributed by atoms with E-state index < -0.39 is 11.9 Å². The zero-order valence-corrected chi connectivity index (χ0v) is 24.4. The summed E-state index contributed by atoms with van der Waals surface area (Å²) in [5, 5.41) is 3.39. The number of hydroxylamine groups is 4. The van der Waals surface area contributed by atoms with Crippen LogP contribution in [0.1, 0.15) is 36.8 Å². The van der Waals surface area contributed by atoms with Crippen molar-refractivity contribution in [2.45, 2.75) is 38.5 Å². The number of nitrogens with zero attached hydrogens (tertiary/aromatic N) is 4. The molecule has 2 fully saturated rings. The molecule has 4 rings (SSSR count). The third kappa shape index (κ3) is 9.10. The lowest BCUT2D eigenvalue weighted by atomic mass is 9.91. The summed E-state index contributed by atoms with van der Waals surface area (Å²) in [5.74, 6) is 0.0409. The fourth-order valence-corrected chi connectivity index (χ4v) is 5.39. The predicted molar refractivity (Wildman–Crippen MR) is 159 cm³/mol. The molecule has 216 valence electrons. The van der Waals surface area contributed by atoms with Gasteiger partial charge in [0.25, 0.3) is 0 Å². The topological polar surface area (TPSA) is 65.6 Å². The van der Waals surface area contributed by atoms with Gasteiger partial charge in [0.05, 0.1) is 0 Å². The maximum absolute atomic E-state index is 12.3. The van der Waals surface area contributed by atoms with E-state index in [0.29, 0.717) is 38.0 Å². The van der Waals surface area contributed by atoms with Gasteiger partial charge in [-0.3, -0.25) is 0 Å². The van der Waals surface area contributed by atoms with E-state index in [0.717, 1.165) is 50.7 Å². The highest BCUT2D eigenvalue weighted by Gasteiger charge is 2.23. The fourth-order valence-electron chi connectivity index (χ4n) is 5.39. The number of hydrogen-bond donors (Lipinski definition) is 0. The molecule has 2 aromatic rings. The minimum atomic E-state index is -0.548. The SMILES string of the molecule is CN(C)c1ccc(CC2CCN(OC(=O)/C=C/C(=O)ON3CCC(Cc4ccc(N(C)C)cc4)CC3)CC2)cc1. The summed E-state index contributed by atoms with van der Waals surface area (Å²) in [5.41, 5.74) is 5.07. The quantitative estimate of drug-likeness (QED) is 0.402. The van der Waals surface area contributed by atoms with Crippen molar-refractivity contribution in [1.29, 1.82) is 0 Å². The number of benzene rings is 2. The van der Waals surface area contributed by atoms with Crippen LogP contribution >= 0.6 is 0 Å². The summed E-state index contributed by atoms with van der Waals surface area (Å²) in [4.78, 5) is 39.6. The summed E-state index contributed by atoms with van der Waals surface area (Å²) >= 11 is 0. The van der Waals surface area contributed by atoms with Crippen LogP contribution in [0.3, 0.4) is 0 Å². The highest BCUT2D eigenvalue weighted by atomic mass is 16.7. The van der Waals surface area contributed by atoms with Crippen molar-refractivity contribution in [1.82, 2.24) is 10.1 Å². The van der Waals surface area contributed by atoms with Crippen molar-refractivity contribution < 1.29 is 19.3 Å². The second kappa shape index (κ2) is 14.3. The average molecular weight is 549 g/mol. The molecule has 0 aliphatic carbocycles. The zero-order chi connectivity index (χ0) is 28.5. The number of rotatable bonds is 10. The highest BCUT2D eigenvalue weighted by Crippen LogP contribution is 2.24. The number of piperidine rings is 2. The fraction of sp³-hybridized carbons (Fsp3) is 0.500. The van der Waals surface area contributed by atoms with Crippen molar-refractivity contribution in [2.75, 3.05) is 64.2 Å². The lowest BCUT2D eigenvalue weighted by molar-refractivity contribution is -0.193. The Kier molecular flexibility index (Phi) is 10.6. The van der Waals surface area contributed by atoms with Crippen molar-refractivity contribution in [2.24, 2.45) is 11.8 Å². The molecule has 2 aromatic carbocycles. The molecule has 0 unspecified atom stereocenters. The molecule has 2 aliphatic rings. The molecule has 2 saturated heterocycles. The Morgan fingerprint density at radius 3 is 1.27 bits per heavy atom. The Bertz CT molecular complexity index is 1030. The molecule has 8 nitrogen and oxygen atoms in total. The lowest BCUT2D eigenvalue weighted by Crippen LogP contribution is -2.36. The Labute approximate surface area is 239 Å². The Hall–Kier alpha value is -3.36. The van der Waals surface area contributed by atoms with Crippen molar-refractivity contribution in [3.63, 3.8) is 0 Å². The van der Waals surface area contributed by atoms with Crippen LogP contribution in [0, 0.1) is 11.8 Å². The summed E-state index contributed by atoms with van der Waals surface area (Å²) in [6.45, 7) is 2.77. The number of anilines is 2. The third-order valence-electron chi connectivity index (χ3n) is 7.89. The first-order valence-electron chi connectivity index (χ1n) is 14.4. The Balaban J connectivity index is 1.10. The van der Waals surface area contributed by atoms with E-state index in [2.05, 4.69) is 58.3 Å². The van der Waals surface area contributed by atoms with Crippen LogP contribution in [-0.4, -0.2) is 76.4 Å². The number of carbonyl (C=O) groups excluding carboxylic acids is 2. The van der Waals surface area contributed by atoms with Crippen LogP contribution in [0.2, 0.25) is 0 Å². The van der Waals surface area contributed by atoms with Crippen LogP contribution in [0.4, 0.5) is 11.4 Å². The van der Waals surface area contributed by atoms with Crippen molar-refractivity contribution >= 4 is 23.3 Å². The van der Waals surface area contributed by atoms with Crippen LogP contribution < -0.4 is 9.80 Å². The predicted octanol–water partition coefficient (Wildman–Crippen LogP) is 4.50. The number of hydrogen-bond acceptors (Lipinski definition) is 8. The maximum atomic E-state index is 12.3. The molecule has 40 heavy (non-hydrogen) atoms. The average Bonchev–Trinajstić information content (AvgIpc) is 2.95. The smallest absolute Gasteiger partial charge is 0.349 e. The second-order valence-corrected chi connectivity index (χ2v) is 11.4. The van der Waals surface area contributed by atoms with Gasteiger partial charge >= 0.3 is 11.9 Å². The van der Waals surface area contributed by atoms with Gasteiger partial charge in [-0.2, -0.15) is 0 Å². The third-order valence-corrected chi connectivity index (χ3v) is 7.89. The molecule has 2 heterocycles. The molecule has 0 radical (unpaired) electrons. The second-order valence-electron chi connectivity index (χ2n) is 11.4. The van der Waals surface area contributed by atoms with Gasteiger partial charge in [0.1, 0.15) is 0 Å². The van der Waals surface area contributed by atoms with Gasteiger partial charge < -0.3 is 19.5 Å². The van der Waals surface area contributed by atoms with E-state index in [9.17, 15) is 9.59 Å². The minimum absolute atomic E-state index is 0.548. The van der Waals surface area contributed by atoms with Gasteiger partial charge in [0.15, 0.2) is 0 Å². The summed E-state index contributed by atoms with van der Waals surface area (Å²) in [7, 11) is 8.17. The van der Waals surface area contributed by atoms with Crippen LogP contribution in [-0.2, 0) is 32.1 Å². The normalized spacial score (nSPS) is 17.6. The van der Waals surface area contributed by atoms with Gasteiger partial charge in [-0.1, -0.05) is 24.3 Å². The first kappa shape index (κ1) is 29.6. The maximum Gasteiger partial charge on any atom is 0.349 e. The van der Waals surface area contributed by atoms with Crippen LogP contribution in [0.15, 0.2) is 60.7 Å². The van der Waals surface area contributed by atoms with E-state index in [1.54, 1.807) is 10.1 Å². The molecule has 0 amide bonds. The molecular weight excluding hydrogens is 504 g/mol. The number of carbonyl (C=O) groups is 2. The van der Waals surface area contributed by atoms with Crippen molar-refractivity contribution in [3.8, 4) is 0 Å². The Morgan fingerprint density at radius 1 is 0.650 bits per heavy atom. The lowest BCUT2D eigenvalue weighted by Gasteiger charge is -2.30. The van der Waals surface area contributed by atoms with E-state index in [1.807, 2.05) is 28.2 Å². The summed E-state index contributed by atoms with van der Waals surface area (Å²) in [6, 6.07) is 17.4. The van der Waals surface area contributed by atoms with E-state index >= 15 is 0 Å². The molecular formula is C32H44N4O4. The van der Waals surface area contributed by atoms with Crippen molar-refractivity contribution in [3.05, 3.63) is 71.8 Å². The summed E-state index contributed by atoms with van der Waals surface area (Å²) in [6.07, 6.45) is 8.23. The van der Waals surface area contributed by atoms with Gasteiger partial charge in [0.2, 0.25) is 0 Å². The molecule has 0 saturated carbocycles. The van der Waals surface area contributed by atoms with Crippen LogP contribution in [0.5, 0.6) is 0 Å².